The van der Waals surface area contributed by atoms with Gasteiger partial charge in [0, 0.05) is 93.3 Å². The Morgan fingerprint density at radius 1 is 0.447 bits per heavy atom. The maximum atomic E-state index is 15.5. The number of benzene rings is 7. The molecule has 10 rings (SSSR count). The summed E-state index contributed by atoms with van der Waals surface area (Å²) in [5.74, 6) is -0.452. The fraction of sp³-hybridized carbons (Fsp3) is 0.325. The molecule has 7 aromatic carbocycles. The van der Waals surface area contributed by atoms with E-state index >= 15 is 9.59 Å². The molecule has 0 radical (unpaired) electrons. The van der Waals surface area contributed by atoms with Gasteiger partial charge in [0.2, 0.25) is 0 Å². The molecular formula is C77H82N8O12S6. The van der Waals surface area contributed by atoms with Crippen LogP contribution in [0.2, 0.25) is 0 Å². The molecule has 1 unspecified atom stereocenters. The standard InChI is InChI=1S/C77H82N8O12S6/c1-50-51(2)58(70(89)83-39-42-101-74(83)98)29-28-57(50)67(86)78-35-37-82(38-36-79-68(87)59-30-32-61(71(90)84-40-43-102-75(84)99)65(95-48-54-23-14-8-15-24-54)63(59)93-46-52-19-10-6-11-20-52)45-56(27-18-34-80-73(92)97-77(3,4)5)81-69(88)60-31-33-62(72(91)85-41-44-103-76(85)100)66(96-49-55-25-16-9-17-26-55)64(60)94-47-53-21-12-7-13-22-53/h6-17,19-26,28-33,56H,18,27,34-49H2,1-5H3,(H,78,86)(H,79,87)(H,80,92)(H,81,88). The molecule has 1 atom stereocenters. The van der Waals surface area contributed by atoms with Gasteiger partial charge in [-0.15, -0.1) is 0 Å². The highest BCUT2D eigenvalue weighted by Crippen LogP contribution is 2.41. The molecule has 0 aromatic heterocycles. The van der Waals surface area contributed by atoms with Gasteiger partial charge in [-0.1, -0.05) is 193 Å². The molecule has 0 bridgehead atoms. The first-order valence-electron chi connectivity index (χ1n) is 33.8. The van der Waals surface area contributed by atoms with Crippen molar-refractivity contribution in [2.45, 2.75) is 85.5 Å². The molecule has 103 heavy (non-hydrogen) atoms. The predicted molar refractivity (Wildman–Crippen MR) is 416 cm³/mol. The number of thioether (sulfide) groups is 3. The van der Waals surface area contributed by atoms with E-state index in [-0.39, 0.29) is 129 Å². The molecule has 7 aromatic rings. The van der Waals surface area contributed by atoms with Crippen LogP contribution in [-0.4, -0.2) is 162 Å². The highest BCUT2D eigenvalue weighted by atomic mass is 32.2. The zero-order chi connectivity index (χ0) is 73.0. The number of amides is 7. The first kappa shape index (κ1) is 76.7. The molecule has 0 aliphatic carbocycles. The summed E-state index contributed by atoms with van der Waals surface area (Å²) in [6.07, 6.45) is 0.00322. The van der Waals surface area contributed by atoms with Gasteiger partial charge in [-0.2, -0.15) is 0 Å². The van der Waals surface area contributed by atoms with Gasteiger partial charge in [0.05, 0.1) is 22.3 Å². The second-order valence-corrected chi connectivity index (χ2v) is 30.6. The van der Waals surface area contributed by atoms with Gasteiger partial charge < -0.3 is 45.0 Å². The van der Waals surface area contributed by atoms with Crippen molar-refractivity contribution in [3.8, 4) is 23.0 Å². The second kappa shape index (κ2) is 37.0. The van der Waals surface area contributed by atoms with E-state index in [1.165, 1.54) is 45.1 Å². The van der Waals surface area contributed by atoms with Gasteiger partial charge in [-0.05, 0) is 117 Å². The van der Waals surface area contributed by atoms with Crippen molar-refractivity contribution in [3.63, 3.8) is 0 Å². The van der Waals surface area contributed by atoms with Crippen molar-refractivity contribution in [2.24, 2.45) is 0 Å². The van der Waals surface area contributed by atoms with Crippen LogP contribution in [0.5, 0.6) is 23.0 Å². The number of hydrogen-bond acceptors (Lipinski definition) is 19. The van der Waals surface area contributed by atoms with E-state index in [1.54, 1.807) is 69.0 Å². The normalized spacial score (nSPS) is 13.9. The number of nitrogens with one attached hydrogen (secondary N) is 4. The minimum Gasteiger partial charge on any atom is -0.484 e. The molecule has 20 nitrogen and oxygen atoms in total. The number of carbonyl (C=O) groups excluding carboxylic acids is 7. The van der Waals surface area contributed by atoms with Crippen molar-refractivity contribution < 1.29 is 57.2 Å². The Labute approximate surface area is 629 Å². The van der Waals surface area contributed by atoms with E-state index in [2.05, 4.69) is 21.3 Å². The van der Waals surface area contributed by atoms with Gasteiger partial charge >= 0.3 is 6.09 Å². The molecule has 7 amide bonds. The van der Waals surface area contributed by atoms with Gasteiger partial charge in [0.25, 0.3) is 35.4 Å². The number of ether oxygens (including phenoxy) is 5. The fourth-order valence-corrected chi connectivity index (χ4v) is 15.2. The summed E-state index contributed by atoms with van der Waals surface area (Å²) in [6.45, 7) is 10.9. The number of carbonyl (C=O) groups is 7. The zero-order valence-electron chi connectivity index (χ0n) is 58.0. The lowest BCUT2D eigenvalue weighted by Crippen LogP contribution is -2.48. The van der Waals surface area contributed by atoms with Crippen LogP contribution in [0.15, 0.2) is 158 Å². The third kappa shape index (κ3) is 20.9. The average Bonchev–Trinajstić information content (AvgIpc) is 1.66. The lowest BCUT2D eigenvalue weighted by Gasteiger charge is -2.29. The monoisotopic (exact) mass is 1500 g/mol. The summed E-state index contributed by atoms with van der Waals surface area (Å²) in [5.41, 5.74) is 4.94. The Kier molecular flexibility index (Phi) is 27.6. The number of alkyl carbamates (subject to hydrolysis) is 1. The quantitative estimate of drug-likeness (QED) is 0.0234. The first-order chi connectivity index (χ1) is 49.7. The zero-order valence-corrected chi connectivity index (χ0v) is 62.9. The van der Waals surface area contributed by atoms with Gasteiger partial charge in [0.15, 0.2) is 23.0 Å². The van der Waals surface area contributed by atoms with E-state index in [9.17, 15) is 24.0 Å². The highest BCUT2D eigenvalue weighted by molar-refractivity contribution is 8.24. The first-order valence-corrected chi connectivity index (χ1v) is 38.0. The molecule has 4 N–H and O–H groups in total. The highest BCUT2D eigenvalue weighted by Gasteiger charge is 2.35. The van der Waals surface area contributed by atoms with E-state index in [0.29, 0.717) is 78.5 Å². The number of rotatable bonds is 31. The predicted octanol–water partition coefficient (Wildman–Crippen LogP) is 12.6. The molecule has 3 heterocycles. The van der Waals surface area contributed by atoms with Gasteiger partial charge in [-0.3, -0.25) is 48.4 Å². The topological polar surface area (TPSA) is 227 Å². The van der Waals surface area contributed by atoms with E-state index in [0.717, 1.165) is 22.3 Å². The van der Waals surface area contributed by atoms with Crippen LogP contribution < -0.4 is 40.2 Å². The SMILES string of the molecule is Cc1c(C(=O)NCCN(CCNC(=O)c2ccc(C(=O)N3CCSC3=S)c(OCc3ccccc3)c2OCc2ccccc2)CC(CCCNC(=O)OC(C)(C)C)NC(=O)c2ccc(C(=O)N3CCSC3=S)c(OCc3ccccc3)c2OCc2ccccc2)ccc(C(=O)N2CCSC2=S)c1C. The van der Waals surface area contributed by atoms with Gasteiger partial charge in [0.1, 0.15) is 45.0 Å². The minimum absolute atomic E-state index is 0.00530. The molecule has 3 aliphatic rings. The second-order valence-electron chi connectivity index (χ2n) is 25.4. The van der Waals surface area contributed by atoms with Crippen LogP contribution in [0.3, 0.4) is 0 Å². The summed E-state index contributed by atoms with van der Waals surface area (Å²) < 4.78 is 33.4. The van der Waals surface area contributed by atoms with Crippen LogP contribution in [0.1, 0.15) is 129 Å². The number of thiocarbonyl (C=S) groups is 3. The number of hydrogen-bond donors (Lipinski definition) is 4. The van der Waals surface area contributed by atoms with E-state index < -0.39 is 41.4 Å². The van der Waals surface area contributed by atoms with Crippen LogP contribution in [-0.2, 0) is 31.2 Å². The largest absolute Gasteiger partial charge is 0.484 e. The summed E-state index contributed by atoms with van der Waals surface area (Å²) >= 11 is 21.0. The third-order valence-electron chi connectivity index (χ3n) is 17.0. The fourth-order valence-electron chi connectivity index (χ4n) is 11.6. The summed E-state index contributed by atoms with van der Waals surface area (Å²) in [7, 11) is 0. The van der Waals surface area contributed by atoms with Crippen molar-refractivity contribution in [3.05, 3.63) is 224 Å². The molecule has 0 spiro atoms. The van der Waals surface area contributed by atoms with Crippen molar-refractivity contribution in [2.75, 3.05) is 76.2 Å². The van der Waals surface area contributed by atoms with Gasteiger partial charge in [-0.25, -0.2) is 4.79 Å². The molecule has 3 aliphatic heterocycles. The number of nitrogens with zero attached hydrogens (tertiary/aromatic N) is 4. The smallest absolute Gasteiger partial charge is 0.407 e. The molecule has 0 saturated carbocycles. The van der Waals surface area contributed by atoms with Crippen molar-refractivity contribution in [1.29, 1.82) is 0 Å². The van der Waals surface area contributed by atoms with E-state index in [4.69, 9.17) is 60.3 Å². The Morgan fingerprint density at radius 3 is 1.17 bits per heavy atom. The lowest BCUT2D eigenvalue weighted by molar-refractivity contribution is 0.0524. The molecule has 3 fully saturated rings. The molecule has 3 saturated heterocycles. The van der Waals surface area contributed by atoms with Crippen molar-refractivity contribution >= 4 is 126 Å². The molecular weight excluding hydrogens is 1420 g/mol. The van der Waals surface area contributed by atoms with Crippen LogP contribution >= 0.6 is 71.9 Å². The van der Waals surface area contributed by atoms with Crippen LogP contribution in [0.25, 0.3) is 0 Å². The van der Waals surface area contributed by atoms with Crippen LogP contribution in [0.4, 0.5) is 4.79 Å². The molecule has 26 heteroatoms. The minimum atomic E-state index is -0.768. The van der Waals surface area contributed by atoms with Crippen LogP contribution in [0, 0.1) is 13.8 Å². The third-order valence-corrected chi connectivity index (χ3v) is 21.3. The van der Waals surface area contributed by atoms with E-state index in [1.807, 2.05) is 133 Å². The Bertz CT molecular complexity index is 4250. The Morgan fingerprint density at radius 2 is 0.786 bits per heavy atom. The average molecular weight is 1500 g/mol. The molecule has 538 valence electrons. The Balaban J connectivity index is 0.984. The summed E-state index contributed by atoms with van der Waals surface area (Å²) in [6, 6.07) is 46.4. The lowest BCUT2D eigenvalue weighted by atomic mass is 9.96. The summed E-state index contributed by atoms with van der Waals surface area (Å²) in [5, 5.41) is 12.3. The maximum absolute atomic E-state index is 15.5. The maximum Gasteiger partial charge on any atom is 0.407 e. The van der Waals surface area contributed by atoms with Crippen molar-refractivity contribution in [1.82, 2.24) is 40.9 Å². The summed E-state index contributed by atoms with van der Waals surface area (Å²) in [4.78, 5) is 107. The Hall–Kier alpha value is -8.89.